The molecule has 1 saturated carbocycles. The molecule has 30 heavy (non-hydrogen) atoms. The Hall–Kier alpha value is -1.56. The smallest absolute Gasteiger partial charge is 0.223 e. The van der Waals surface area contributed by atoms with Crippen molar-refractivity contribution >= 4 is 48.6 Å². The SMILES string of the molecule is C[C@@]1(O)CCC[C@H]1Nc1ncc(Br)c2cnc(NC3CCN(S(C)(=O)=O)CC3)nc12. The number of hydrogen-bond acceptors (Lipinski definition) is 8. The van der Waals surface area contributed by atoms with E-state index >= 15 is 0 Å². The number of nitrogens with one attached hydrogen (secondary N) is 2. The van der Waals surface area contributed by atoms with Gasteiger partial charge in [-0.3, -0.25) is 0 Å². The van der Waals surface area contributed by atoms with E-state index in [-0.39, 0.29) is 12.1 Å². The van der Waals surface area contributed by atoms with Crippen LogP contribution in [0.25, 0.3) is 10.9 Å². The Morgan fingerprint density at radius 3 is 2.57 bits per heavy atom. The highest BCUT2D eigenvalue weighted by Crippen LogP contribution is 2.34. The molecule has 2 atom stereocenters. The van der Waals surface area contributed by atoms with Crippen LogP contribution in [-0.2, 0) is 10.0 Å². The van der Waals surface area contributed by atoms with E-state index in [0.29, 0.717) is 43.2 Å². The number of aliphatic hydroxyl groups is 1. The average molecular weight is 499 g/mol. The first-order valence-corrected chi connectivity index (χ1v) is 12.8. The third kappa shape index (κ3) is 4.53. The van der Waals surface area contributed by atoms with E-state index in [4.69, 9.17) is 4.98 Å². The van der Waals surface area contributed by atoms with Crippen molar-refractivity contribution in [1.29, 1.82) is 0 Å². The number of pyridine rings is 1. The molecule has 1 aliphatic carbocycles. The lowest BCUT2D eigenvalue weighted by Crippen LogP contribution is -2.42. The number of aromatic nitrogens is 3. The second-order valence-corrected chi connectivity index (χ2v) is 11.3. The quantitative estimate of drug-likeness (QED) is 0.574. The molecular formula is C19H27BrN6O3S. The van der Waals surface area contributed by atoms with Crippen molar-refractivity contribution in [2.24, 2.45) is 0 Å². The first-order chi connectivity index (χ1) is 14.1. The van der Waals surface area contributed by atoms with Crippen LogP contribution in [0.1, 0.15) is 39.0 Å². The number of halogens is 1. The van der Waals surface area contributed by atoms with E-state index in [1.807, 2.05) is 6.92 Å². The predicted octanol–water partition coefficient (Wildman–Crippen LogP) is 2.34. The Bertz CT molecular complexity index is 1040. The van der Waals surface area contributed by atoms with Gasteiger partial charge in [0.1, 0.15) is 5.52 Å². The van der Waals surface area contributed by atoms with E-state index in [9.17, 15) is 13.5 Å². The summed E-state index contributed by atoms with van der Waals surface area (Å²) in [6.45, 7) is 2.82. The van der Waals surface area contributed by atoms with Gasteiger partial charge in [-0.1, -0.05) is 0 Å². The number of anilines is 2. The van der Waals surface area contributed by atoms with Gasteiger partial charge in [0, 0.05) is 41.4 Å². The standard InChI is InChI=1S/C19H27BrN6O3S/c1-19(27)7-3-4-15(19)24-17-16-13(14(20)11-21-17)10-22-18(25-16)23-12-5-8-26(9-6-12)30(2,28)29/h10-12,15,27H,3-9H2,1-2H3,(H,21,24)(H,22,23,25)/t15-,19-/m1/s1. The van der Waals surface area contributed by atoms with Gasteiger partial charge in [0.05, 0.1) is 17.9 Å². The van der Waals surface area contributed by atoms with Gasteiger partial charge >= 0.3 is 0 Å². The number of fused-ring (bicyclic) bond motifs is 1. The predicted molar refractivity (Wildman–Crippen MR) is 120 cm³/mol. The monoisotopic (exact) mass is 498 g/mol. The number of hydrogen-bond donors (Lipinski definition) is 3. The molecule has 3 N–H and O–H groups in total. The molecule has 2 fully saturated rings. The lowest BCUT2D eigenvalue weighted by Gasteiger charge is -2.30. The Balaban J connectivity index is 1.54. The minimum atomic E-state index is -3.15. The first-order valence-electron chi connectivity index (χ1n) is 10.2. The Morgan fingerprint density at radius 1 is 1.20 bits per heavy atom. The van der Waals surface area contributed by atoms with Gasteiger partial charge in [-0.25, -0.2) is 27.7 Å². The van der Waals surface area contributed by atoms with Crippen LogP contribution >= 0.6 is 15.9 Å². The molecule has 2 aliphatic rings. The molecule has 0 bridgehead atoms. The fourth-order valence-electron chi connectivity index (χ4n) is 4.22. The van der Waals surface area contributed by atoms with Gasteiger partial charge in [-0.15, -0.1) is 0 Å². The molecule has 164 valence electrons. The van der Waals surface area contributed by atoms with Crippen molar-refractivity contribution in [2.75, 3.05) is 30.0 Å². The van der Waals surface area contributed by atoms with Crippen LogP contribution in [0.2, 0.25) is 0 Å². The maximum Gasteiger partial charge on any atom is 0.223 e. The Labute approximate surface area is 184 Å². The van der Waals surface area contributed by atoms with Crippen molar-refractivity contribution in [3.05, 3.63) is 16.9 Å². The summed E-state index contributed by atoms with van der Waals surface area (Å²) in [4.78, 5) is 13.6. The van der Waals surface area contributed by atoms with Crippen molar-refractivity contribution < 1.29 is 13.5 Å². The zero-order valence-corrected chi connectivity index (χ0v) is 19.5. The minimum Gasteiger partial charge on any atom is -0.388 e. The van der Waals surface area contributed by atoms with Gasteiger partial charge in [0.25, 0.3) is 0 Å². The van der Waals surface area contributed by atoms with Crippen LogP contribution in [0, 0.1) is 0 Å². The summed E-state index contributed by atoms with van der Waals surface area (Å²) in [5, 5.41) is 18.2. The van der Waals surface area contributed by atoms with E-state index < -0.39 is 15.6 Å². The summed E-state index contributed by atoms with van der Waals surface area (Å²) in [7, 11) is -3.15. The topological polar surface area (TPSA) is 120 Å². The van der Waals surface area contributed by atoms with E-state index in [2.05, 4.69) is 36.5 Å². The second-order valence-electron chi connectivity index (χ2n) is 8.44. The summed E-state index contributed by atoms with van der Waals surface area (Å²) >= 11 is 3.51. The maximum absolute atomic E-state index is 11.7. The zero-order valence-electron chi connectivity index (χ0n) is 17.1. The summed E-state index contributed by atoms with van der Waals surface area (Å²) in [6, 6.07) is 0.0219. The van der Waals surface area contributed by atoms with Gasteiger partial charge in [0.2, 0.25) is 16.0 Å². The molecular weight excluding hydrogens is 472 g/mol. The molecule has 2 aromatic heterocycles. The van der Waals surface area contributed by atoms with E-state index in [1.165, 1.54) is 10.6 Å². The fraction of sp³-hybridized carbons (Fsp3) is 0.632. The lowest BCUT2D eigenvalue weighted by atomic mass is 10.0. The van der Waals surface area contributed by atoms with E-state index in [0.717, 1.165) is 29.1 Å². The van der Waals surface area contributed by atoms with Gasteiger partial charge < -0.3 is 15.7 Å². The molecule has 1 aliphatic heterocycles. The van der Waals surface area contributed by atoms with Crippen LogP contribution in [0.3, 0.4) is 0 Å². The van der Waals surface area contributed by atoms with Crippen molar-refractivity contribution in [2.45, 2.75) is 56.7 Å². The highest BCUT2D eigenvalue weighted by atomic mass is 79.9. The van der Waals surface area contributed by atoms with Crippen LogP contribution in [0.5, 0.6) is 0 Å². The molecule has 2 aromatic rings. The number of rotatable bonds is 5. The molecule has 0 aromatic carbocycles. The summed E-state index contributed by atoms with van der Waals surface area (Å²) in [6.07, 6.45) is 8.70. The molecule has 1 saturated heterocycles. The van der Waals surface area contributed by atoms with Crippen LogP contribution in [0.4, 0.5) is 11.8 Å². The highest BCUT2D eigenvalue weighted by Gasteiger charge is 2.37. The van der Waals surface area contributed by atoms with E-state index in [1.54, 1.807) is 12.4 Å². The molecule has 0 unspecified atom stereocenters. The van der Waals surface area contributed by atoms with Gasteiger partial charge in [0.15, 0.2) is 5.82 Å². The highest BCUT2D eigenvalue weighted by molar-refractivity contribution is 9.10. The molecule has 0 amide bonds. The third-order valence-corrected chi connectivity index (χ3v) is 8.01. The molecule has 3 heterocycles. The largest absolute Gasteiger partial charge is 0.388 e. The number of nitrogens with zero attached hydrogens (tertiary/aromatic N) is 4. The maximum atomic E-state index is 11.7. The third-order valence-electron chi connectivity index (χ3n) is 6.07. The normalized spacial score (nSPS) is 26.2. The van der Waals surface area contributed by atoms with Gasteiger partial charge in [-0.05, 0) is 55.0 Å². The summed E-state index contributed by atoms with van der Waals surface area (Å²) in [5.41, 5.74) is -0.0962. The zero-order chi connectivity index (χ0) is 21.5. The molecule has 0 radical (unpaired) electrons. The minimum absolute atomic E-state index is 0.0823. The molecule has 11 heteroatoms. The van der Waals surface area contributed by atoms with Crippen LogP contribution in [0.15, 0.2) is 16.9 Å². The Kier molecular flexibility index (Phi) is 5.90. The summed E-state index contributed by atoms with van der Waals surface area (Å²) in [5.74, 6) is 1.11. The molecule has 9 nitrogen and oxygen atoms in total. The number of sulfonamides is 1. The summed E-state index contributed by atoms with van der Waals surface area (Å²) < 4.78 is 25.7. The fourth-order valence-corrected chi connectivity index (χ4v) is 5.49. The lowest BCUT2D eigenvalue weighted by molar-refractivity contribution is 0.0578. The molecule has 0 spiro atoms. The average Bonchev–Trinajstić information content (AvgIpc) is 3.02. The van der Waals surface area contributed by atoms with Crippen LogP contribution in [-0.4, -0.2) is 69.8 Å². The van der Waals surface area contributed by atoms with Gasteiger partial charge in [-0.2, -0.15) is 0 Å². The number of piperidine rings is 1. The second kappa shape index (κ2) is 8.18. The first kappa shape index (κ1) is 21.7. The van der Waals surface area contributed by atoms with Crippen molar-refractivity contribution in [1.82, 2.24) is 19.3 Å². The Morgan fingerprint density at radius 2 is 1.93 bits per heavy atom. The van der Waals surface area contributed by atoms with Crippen LogP contribution < -0.4 is 10.6 Å². The molecule has 4 rings (SSSR count). The van der Waals surface area contributed by atoms with Crippen molar-refractivity contribution in [3.63, 3.8) is 0 Å². The van der Waals surface area contributed by atoms with Crippen molar-refractivity contribution in [3.8, 4) is 0 Å².